The number of hydrogen-bond donors (Lipinski definition) is 1. The lowest BCUT2D eigenvalue weighted by Crippen LogP contribution is -2.29. The molecule has 0 aromatic heterocycles. The summed E-state index contributed by atoms with van der Waals surface area (Å²) in [5.41, 5.74) is 0.816. The standard InChI is InChI=1S/C14H17NO3S/c16-19(17,15-8-7-11-5-6-11)13-9-12-3-1-2-4-14(12)18-10-13/h1-4,9,11,15H,5-8,10H2. The Hall–Kier alpha value is -1.33. The fourth-order valence-electron chi connectivity index (χ4n) is 2.15. The second kappa shape index (κ2) is 4.98. The number of benzene rings is 1. The highest BCUT2D eigenvalue weighted by Gasteiger charge is 2.24. The number of hydrogen-bond acceptors (Lipinski definition) is 3. The lowest BCUT2D eigenvalue weighted by atomic mass is 10.1. The van der Waals surface area contributed by atoms with E-state index in [-0.39, 0.29) is 6.61 Å². The second-order valence-corrected chi connectivity index (χ2v) is 6.89. The monoisotopic (exact) mass is 279 g/mol. The fraction of sp³-hybridized carbons (Fsp3) is 0.429. The molecule has 1 N–H and O–H groups in total. The zero-order valence-corrected chi connectivity index (χ0v) is 11.4. The van der Waals surface area contributed by atoms with E-state index in [1.54, 1.807) is 6.08 Å². The third-order valence-electron chi connectivity index (χ3n) is 3.49. The van der Waals surface area contributed by atoms with E-state index in [4.69, 9.17) is 4.74 Å². The van der Waals surface area contributed by atoms with Crippen molar-refractivity contribution in [2.75, 3.05) is 13.2 Å². The molecule has 1 aromatic carbocycles. The minimum atomic E-state index is -3.41. The van der Waals surface area contributed by atoms with Gasteiger partial charge in [0.05, 0.1) is 4.91 Å². The number of rotatable bonds is 5. The first-order chi connectivity index (χ1) is 9.15. The summed E-state index contributed by atoms with van der Waals surface area (Å²) < 4.78 is 32.4. The molecule has 1 aliphatic heterocycles. The molecule has 0 radical (unpaired) electrons. The molecule has 3 rings (SSSR count). The first-order valence-corrected chi connectivity index (χ1v) is 8.05. The van der Waals surface area contributed by atoms with Gasteiger partial charge in [-0.25, -0.2) is 13.1 Å². The van der Waals surface area contributed by atoms with Crippen LogP contribution in [0.5, 0.6) is 5.75 Å². The Morgan fingerprint density at radius 3 is 2.84 bits per heavy atom. The summed E-state index contributed by atoms with van der Waals surface area (Å²) in [6.45, 7) is 0.627. The Balaban J connectivity index is 1.72. The van der Waals surface area contributed by atoms with Crippen LogP contribution >= 0.6 is 0 Å². The van der Waals surface area contributed by atoms with E-state index in [0.29, 0.717) is 11.4 Å². The Labute approximate surface area is 113 Å². The zero-order chi connectivity index (χ0) is 13.3. The van der Waals surface area contributed by atoms with Gasteiger partial charge in [-0.2, -0.15) is 0 Å². The molecule has 1 heterocycles. The van der Waals surface area contributed by atoms with Crippen molar-refractivity contribution in [3.63, 3.8) is 0 Å². The highest BCUT2D eigenvalue weighted by atomic mass is 32.2. The van der Waals surface area contributed by atoms with Crippen LogP contribution in [0.3, 0.4) is 0 Å². The average molecular weight is 279 g/mol. The van der Waals surface area contributed by atoms with E-state index in [1.165, 1.54) is 12.8 Å². The SMILES string of the molecule is O=S(=O)(NCCC1CC1)C1=Cc2ccccc2OC1. The lowest BCUT2D eigenvalue weighted by molar-refractivity contribution is 0.353. The van der Waals surface area contributed by atoms with Gasteiger partial charge in [-0.15, -0.1) is 0 Å². The fourth-order valence-corrected chi connectivity index (χ4v) is 3.22. The highest BCUT2D eigenvalue weighted by molar-refractivity contribution is 7.93. The first kappa shape index (κ1) is 12.7. The Morgan fingerprint density at radius 1 is 1.26 bits per heavy atom. The molecule has 0 unspecified atom stereocenters. The Bertz CT molecular complexity index is 603. The summed E-state index contributed by atoms with van der Waals surface area (Å²) in [5, 5.41) is 0. The largest absolute Gasteiger partial charge is 0.487 e. The van der Waals surface area contributed by atoms with Gasteiger partial charge in [-0.1, -0.05) is 31.0 Å². The molecule has 19 heavy (non-hydrogen) atoms. The summed E-state index contributed by atoms with van der Waals surface area (Å²) in [6, 6.07) is 7.44. The van der Waals surface area contributed by atoms with Crippen LogP contribution in [-0.2, 0) is 10.0 Å². The molecular formula is C14H17NO3S. The molecule has 0 bridgehead atoms. The van der Waals surface area contributed by atoms with Gasteiger partial charge in [-0.3, -0.25) is 0 Å². The van der Waals surface area contributed by atoms with Crippen LogP contribution in [0.1, 0.15) is 24.8 Å². The molecule has 0 saturated heterocycles. The van der Waals surface area contributed by atoms with E-state index in [1.807, 2.05) is 24.3 Å². The quantitative estimate of drug-likeness (QED) is 0.898. The number of sulfonamides is 1. The van der Waals surface area contributed by atoms with Crippen molar-refractivity contribution in [1.82, 2.24) is 4.72 Å². The van der Waals surface area contributed by atoms with E-state index in [0.717, 1.165) is 23.7 Å². The van der Waals surface area contributed by atoms with Crippen LogP contribution in [0, 0.1) is 5.92 Å². The minimum Gasteiger partial charge on any atom is -0.487 e. The van der Waals surface area contributed by atoms with Crippen LogP contribution in [0.4, 0.5) is 0 Å². The van der Waals surface area contributed by atoms with Crippen LogP contribution < -0.4 is 9.46 Å². The van der Waals surface area contributed by atoms with Gasteiger partial charge in [0.15, 0.2) is 0 Å². The molecule has 1 aromatic rings. The van der Waals surface area contributed by atoms with Crippen molar-refractivity contribution >= 4 is 16.1 Å². The number of ether oxygens (including phenoxy) is 1. The molecule has 0 amide bonds. The van der Waals surface area contributed by atoms with Gasteiger partial charge in [0.2, 0.25) is 10.0 Å². The summed E-state index contributed by atoms with van der Waals surface area (Å²) >= 11 is 0. The van der Waals surface area contributed by atoms with Crippen LogP contribution in [-0.4, -0.2) is 21.6 Å². The molecule has 1 aliphatic carbocycles. The maximum absolute atomic E-state index is 12.1. The molecule has 102 valence electrons. The average Bonchev–Trinajstić information content (AvgIpc) is 3.22. The van der Waals surface area contributed by atoms with Crippen molar-refractivity contribution in [2.24, 2.45) is 5.92 Å². The van der Waals surface area contributed by atoms with Crippen molar-refractivity contribution in [1.29, 1.82) is 0 Å². The van der Waals surface area contributed by atoms with Crippen LogP contribution in [0.2, 0.25) is 0 Å². The van der Waals surface area contributed by atoms with Gasteiger partial charge < -0.3 is 4.74 Å². The molecular weight excluding hydrogens is 262 g/mol. The summed E-state index contributed by atoms with van der Waals surface area (Å²) in [5.74, 6) is 1.46. The van der Waals surface area contributed by atoms with E-state index >= 15 is 0 Å². The zero-order valence-electron chi connectivity index (χ0n) is 10.6. The molecule has 1 saturated carbocycles. The van der Waals surface area contributed by atoms with Crippen LogP contribution in [0.25, 0.3) is 6.08 Å². The van der Waals surface area contributed by atoms with E-state index in [9.17, 15) is 8.42 Å². The molecule has 2 aliphatic rings. The molecule has 4 nitrogen and oxygen atoms in total. The van der Waals surface area contributed by atoms with Gasteiger partial charge >= 0.3 is 0 Å². The van der Waals surface area contributed by atoms with E-state index < -0.39 is 10.0 Å². The van der Waals surface area contributed by atoms with Gasteiger partial charge in [-0.05, 0) is 24.5 Å². The lowest BCUT2D eigenvalue weighted by Gasteiger charge is -2.18. The predicted molar refractivity (Wildman–Crippen MR) is 74.2 cm³/mol. The summed E-state index contributed by atoms with van der Waals surface area (Å²) in [6.07, 6.45) is 5.10. The Kier molecular flexibility index (Phi) is 3.33. The van der Waals surface area contributed by atoms with Crippen molar-refractivity contribution in [3.8, 4) is 5.75 Å². The third-order valence-corrected chi connectivity index (χ3v) is 5.00. The smallest absolute Gasteiger partial charge is 0.240 e. The predicted octanol–water partition coefficient (Wildman–Crippen LogP) is 2.14. The van der Waals surface area contributed by atoms with Gasteiger partial charge in [0.1, 0.15) is 12.4 Å². The van der Waals surface area contributed by atoms with Gasteiger partial charge in [0.25, 0.3) is 0 Å². The summed E-state index contributed by atoms with van der Waals surface area (Å²) in [7, 11) is -3.41. The summed E-state index contributed by atoms with van der Waals surface area (Å²) in [4.78, 5) is 0.307. The molecule has 0 atom stereocenters. The number of fused-ring (bicyclic) bond motifs is 1. The number of nitrogens with one attached hydrogen (secondary N) is 1. The topological polar surface area (TPSA) is 55.4 Å². The number of para-hydroxylation sites is 1. The maximum Gasteiger partial charge on any atom is 0.240 e. The first-order valence-electron chi connectivity index (χ1n) is 6.57. The molecule has 0 spiro atoms. The molecule has 5 heteroatoms. The highest BCUT2D eigenvalue weighted by Crippen LogP contribution is 2.32. The maximum atomic E-state index is 12.1. The minimum absolute atomic E-state index is 0.107. The van der Waals surface area contributed by atoms with Crippen molar-refractivity contribution < 1.29 is 13.2 Å². The van der Waals surface area contributed by atoms with Gasteiger partial charge in [0, 0.05) is 12.1 Å². The normalized spacial score (nSPS) is 18.4. The second-order valence-electron chi connectivity index (χ2n) is 5.07. The Morgan fingerprint density at radius 2 is 2.05 bits per heavy atom. The van der Waals surface area contributed by atoms with Crippen molar-refractivity contribution in [3.05, 3.63) is 34.7 Å². The molecule has 1 fully saturated rings. The third kappa shape index (κ3) is 2.98. The van der Waals surface area contributed by atoms with Crippen LogP contribution in [0.15, 0.2) is 29.2 Å². The van der Waals surface area contributed by atoms with Crippen molar-refractivity contribution in [2.45, 2.75) is 19.3 Å². The van der Waals surface area contributed by atoms with E-state index in [2.05, 4.69) is 4.72 Å².